The minimum Gasteiger partial charge on any atom is -0.321 e. The minimum atomic E-state index is -0.282. The summed E-state index contributed by atoms with van der Waals surface area (Å²) in [5.41, 5.74) is 11.4. The molecule has 0 radical (unpaired) electrons. The highest BCUT2D eigenvalue weighted by Gasteiger charge is 2.24. The number of nitrogens with two attached hydrogens (primary N) is 2. The van der Waals surface area contributed by atoms with Crippen LogP contribution in [-0.4, -0.2) is 11.6 Å². The largest absolute Gasteiger partial charge is 0.321 e. The van der Waals surface area contributed by atoms with E-state index in [1.165, 1.54) is 0 Å². The maximum absolute atomic E-state index is 6.03. The van der Waals surface area contributed by atoms with E-state index >= 15 is 0 Å². The molecule has 0 aromatic heterocycles. The van der Waals surface area contributed by atoms with Crippen molar-refractivity contribution in [2.75, 3.05) is 0 Å². The molecule has 11 heavy (non-hydrogen) atoms. The second-order valence-corrected chi connectivity index (χ2v) is 3.45. The van der Waals surface area contributed by atoms with Gasteiger partial charge >= 0.3 is 0 Å². The third kappa shape index (κ3) is 1.70. The van der Waals surface area contributed by atoms with E-state index in [4.69, 9.17) is 11.5 Å². The van der Waals surface area contributed by atoms with Crippen LogP contribution in [0, 0.1) is 5.92 Å². The summed E-state index contributed by atoms with van der Waals surface area (Å²) < 4.78 is 0. The van der Waals surface area contributed by atoms with Crippen LogP contribution in [-0.2, 0) is 0 Å². The Morgan fingerprint density at radius 3 is 2.09 bits per heavy atom. The maximum atomic E-state index is 6.03. The van der Waals surface area contributed by atoms with Crippen molar-refractivity contribution in [1.82, 2.24) is 0 Å². The first-order valence-corrected chi connectivity index (χ1v) is 3.98. The monoisotopic (exact) mass is 152 g/mol. The van der Waals surface area contributed by atoms with Crippen LogP contribution >= 0.6 is 0 Å². The number of hydrogen-bond donors (Lipinski definition) is 2. The van der Waals surface area contributed by atoms with Gasteiger partial charge in [-0.15, -0.1) is 0 Å². The maximum Gasteiger partial charge on any atom is 0.0549 e. The van der Waals surface area contributed by atoms with Crippen LogP contribution in [0.1, 0.15) is 13.8 Å². The molecule has 0 saturated carbocycles. The van der Waals surface area contributed by atoms with E-state index in [1.54, 1.807) is 0 Å². The molecule has 1 aliphatic rings. The molecule has 1 aliphatic carbocycles. The molecule has 0 aromatic rings. The highest BCUT2D eigenvalue weighted by Crippen LogP contribution is 2.20. The molecule has 2 heteroatoms. The molecule has 4 N–H and O–H groups in total. The lowest BCUT2D eigenvalue weighted by molar-refractivity contribution is 0.459. The van der Waals surface area contributed by atoms with Crippen molar-refractivity contribution in [3.05, 3.63) is 24.3 Å². The van der Waals surface area contributed by atoms with Gasteiger partial charge < -0.3 is 11.5 Å². The predicted molar refractivity (Wildman–Crippen MR) is 48.0 cm³/mol. The van der Waals surface area contributed by atoms with E-state index in [1.807, 2.05) is 24.3 Å². The van der Waals surface area contributed by atoms with Crippen molar-refractivity contribution in [2.45, 2.75) is 25.4 Å². The molecule has 62 valence electrons. The van der Waals surface area contributed by atoms with Gasteiger partial charge in [0.2, 0.25) is 0 Å². The van der Waals surface area contributed by atoms with Gasteiger partial charge in [-0.1, -0.05) is 38.2 Å². The molecule has 0 aromatic carbocycles. The molecule has 1 rings (SSSR count). The van der Waals surface area contributed by atoms with Crippen LogP contribution in [0.3, 0.4) is 0 Å². The number of hydrogen-bond acceptors (Lipinski definition) is 2. The summed E-state index contributed by atoms with van der Waals surface area (Å²) in [4.78, 5) is 0. The first kappa shape index (κ1) is 8.50. The van der Waals surface area contributed by atoms with E-state index in [0.29, 0.717) is 5.92 Å². The smallest absolute Gasteiger partial charge is 0.0549 e. The molecule has 0 spiro atoms. The molecular weight excluding hydrogens is 136 g/mol. The lowest BCUT2D eigenvalue weighted by Crippen LogP contribution is -2.43. The molecule has 0 amide bonds. The molecule has 0 bridgehead atoms. The third-order valence-corrected chi connectivity index (χ3v) is 2.21. The van der Waals surface area contributed by atoms with Gasteiger partial charge in [0.15, 0.2) is 0 Å². The Morgan fingerprint density at radius 2 is 1.73 bits per heavy atom. The summed E-state index contributed by atoms with van der Waals surface area (Å²) >= 11 is 0. The summed E-state index contributed by atoms with van der Waals surface area (Å²) in [5.74, 6) is 0.419. The summed E-state index contributed by atoms with van der Waals surface area (Å²) in [6, 6.07) is 0.0467. The fourth-order valence-corrected chi connectivity index (χ4v) is 1.06. The minimum absolute atomic E-state index is 0.0467. The predicted octanol–water partition coefficient (Wildman–Crippen LogP) is 0.793. The van der Waals surface area contributed by atoms with Gasteiger partial charge in [-0.05, 0) is 5.92 Å². The van der Waals surface area contributed by atoms with Crippen molar-refractivity contribution in [3.8, 4) is 0 Å². The lowest BCUT2D eigenvalue weighted by Gasteiger charge is -2.29. The van der Waals surface area contributed by atoms with E-state index in [9.17, 15) is 0 Å². The van der Waals surface area contributed by atoms with Gasteiger partial charge in [0, 0.05) is 6.04 Å². The van der Waals surface area contributed by atoms with E-state index in [-0.39, 0.29) is 11.6 Å². The Bertz CT molecular complexity index is 178. The second kappa shape index (κ2) is 2.80. The van der Waals surface area contributed by atoms with Gasteiger partial charge in [0.1, 0.15) is 0 Å². The number of rotatable bonds is 1. The van der Waals surface area contributed by atoms with Crippen LogP contribution < -0.4 is 11.5 Å². The molecule has 0 saturated heterocycles. The second-order valence-electron chi connectivity index (χ2n) is 3.45. The zero-order valence-corrected chi connectivity index (χ0v) is 7.12. The van der Waals surface area contributed by atoms with E-state index in [2.05, 4.69) is 13.8 Å². The molecule has 0 atom stereocenters. The Balaban J connectivity index is 2.77. The molecule has 0 heterocycles. The van der Waals surface area contributed by atoms with Crippen LogP contribution in [0.5, 0.6) is 0 Å². The van der Waals surface area contributed by atoms with Crippen LogP contribution in [0.15, 0.2) is 24.3 Å². The quantitative estimate of drug-likeness (QED) is 0.546. The lowest BCUT2D eigenvalue weighted by atomic mass is 9.83. The summed E-state index contributed by atoms with van der Waals surface area (Å²) in [7, 11) is 0. The summed E-state index contributed by atoms with van der Waals surface area (Å²) in [6.45, 7) is 4.21. The fourth-order valence-electron chi connectivity index (χ4n) is 1.06. The molecule has 0 fully saturated rings. The highest BCUT2D eigenvalue weighted by molar-refractivity contribution is 5.27. The van der Waals surface area contributed by atoms with Crippen molar-refractivity contribution in [3.63, 3.8) is 0 Å². The topological polar surface area (TPSA) is 52.0 Å². The average molecular weight is 152 g/mol. The molecule has 0 aliphatic heterocycles. The van der Waals surface area contributed by atoms with Crippen molar-refractivity contribution >= 4 is 0 Å². The third-order valence-electron chi connectivity index (χ3n) is 2.21. The zero-order chi connectivity index (χ0) is 8.48. The van der Waals surface area contributed by atoms with Gasteiger partial charge in [-0.25, -0.2) is 0 Å². The van der Waals surface area contributed by atoms with Gasteiger partial charge in [-0.3, -0.25) is 0 Å². The van der Waals surface area contributed by atoms with Gasteiger partial charge in [0.05, 0.1) is 5.54 Å². The Labute approximate surface area is 68.0 Å². The van der Waals surface area contributed by atoms with Crippen molar-refractivity contribution in [2.24, 2.45) is 17.4 Å². The van der Waals surface area contributed by atoms with Gasteiger partial charge in [-0.2, -0.15) is 0 Å². The molecule has 2 nitrogen and oxygen atoms in total. The first-order chi connectivity index (χ1) is 5.04. The normalized spacial score (nSPS) is 36.6. The molecular formula is C9H16N2. The van der Waals surface area contributed by atoms with Crippen molar-refractivity contribution in [1.29, 1.82) is 0 Å². The average Bonchev–Trinajstić information content (AvgIpc) is 1.95. The summed E-state index contributed by atoms with van der Waals surface area (Å²) in [6.07, 6.45) is 7.87. The fraction of sp³-hybridized carbons (Fsp3) is 0.556. The standard InChI is InChI=1S/C9H16N2/c1-7(2)9(11)5-3-8(10)4-6-9/h3-8H,10-11H2,1-2H3. The zero-order valence-electron chi connectivity index (χ0n) is 7.12. The van der Waals surface area contributed by atoms with Crippen LogP contribution in [0.25, 0.3) is 0 Å². The Kier molecular flexibility index (Phi) is 2.16. The Hall–Kier alpha value is -0.600. The van der Waals surface area contributed by atoms with Crippen LogP contribution in [0.2, 0.25) is 0 Å². The molecule has 0 unspecified atom stereocenters. The van der Waals surface area contributed by atoms with E-state index in [0.717, 1.165) is 0 Å². The Morgan fingerprint density at radius 1 is 1.27 bits per heavy atom. The van der Waals surface area contributed by atoms with Gasteiger partial charge in [0.25, 0.3) is 0 Å². The van der Waals surface area contributed by atoms with Crippen LogP contribution in [0.4, 0.5) is 0 Å². The highest BCUT2D eigenvalue weighted by atomic mass is 14.7. The summed E-state index contributed by atoms with van der Waals surface area (Å²) in [5, 5.41) is 0. The van der Waals surface area contributed by atoms with E-state index < -0.39 is 0 Å². The first-order valence-electron chi connectivity index (χ1n) is 3.98. The SMILES string of the molecule is CC(C)C1(N)C=CC(N)C=C1. The van der Waals surface area contributed by atoms with Crippen molar-refractivity contribution < 1.29 is 0 Å².